The number of urea groups is 1. The van der Waals surface area contributed by atoms with Crippen LogP contribution in [-0.4, -0.2) is 170 Å². The van der Waals surface area contributed by atoms with Gasteiger partial charge >= 0.3 is 41.0 Å². The summed E-state index contributed by atoms with van der Waals surface area (Å²) in [6.07, 6.45) is -1.26. The Morgan fingerprint density at radius 2 is 0.838 bits per heavy atom. The first-order chi connectivity index (χ1) is 46.2. The molecule has 0 aliphatic carbocycles. The molecular weight excluding hydrogens is 1300 g/mol. The van der Waals surface area contributed by atoms with Crippen molar-refractivity contribution >= 4 is 67.0 Å². The number of hydrogen-bond donors (Lipinski definition) is 3. The van der Waals surface area contributed by atoms with E-state index < -0.39 is 79.5 Å². The molecule has 2 unspecified atom stereocenters. The number of hydrogen-bond acceptors (Lipinski definition) is 17. The minimum absolute atomic E-state index is 0. The van der Waals surface area contributed by atoms with Gasteiger partial charge in [-0.15, -0.1) is 0 Å². The number of aldehydes is 1. The number of ether oxygens (including phenoxy) is 6. The standard InChI is InChI=1S/C25H29N3O7.C18H20N2O2.C17H18O3.C7H9ClN2O3.C4H9NSi.3CH4/c1-2-27-13-14-28(23(30)22(27)29)25(33)26-21(24(31)32)20(35-16-19-11-7-4-8-12-19)17-34-15-18-9-5-3-6-10-18;19-11-17(20)18(22-13-16-9-5-2-6-10-16)14-21-12-15-7-3-1-4-8-15;18-11-17(20-13-16-9-5-2-6-10-16)14-19-12-15-7-3-1-4-8-15;1-2-9-3-4-10(7(8)13)6(12)5(9)11;1-6(2,3)4-5;;;/h3-12,20-21H,2,13-17H2,1H3,(H,26,33)(H,31,32);1-10,17-18H,12-14,20H2;1-11,17H,12-14H2;2-4H2,1H3;1-3H3;3*1H4/t20-,21?;17?,18-;17-;;;;;/m110...../s1. The molecule has 2 saturated heterocycles. The van der Waals surface area contributed by atoms with Crippen LogP contribution in [0.25, 0.3) is 0 Å². The molecule has 0 bridgehead atoms. The summed E-state index contributed by atoms with van der Waals surface area (Å²) in [4.78, 5) is 97.6. The SMILES string of the molecule is C.C.C.CCN1CCN(C(=O)Cl)C(=O)C1=O.CCN1CCN(C(=O)NC(C(=O)O)[C@@H](COCc2ccccc2)OCc2ccccc2)C(=O)C1=O.C[Si](C)(C)C#N.N#CC(N)[C@@H](COCc1ccccc1)OCc1ccccc1.O=C[C@@H](COCc1ccccc1)OCc1ccccc1. The second kappa shape index (κ2) is 49.2. The molecule has 2 fully saturated rings. The van der Waals surface area contributed by atoms with E-state index in [-0.39, 0.29) is 74.9 Å². The first-order valence-electron chi connectivity index (χ1n) is 31.0. The third-order valence-corrected chi connectivity index (χ3v) is 14.8. The summed E-state index contributed by atoms with van der Waals surface area (Å²) in [5.74, 6) is -4.66. The third kappa shape index (κ3) is 33.7. The largest absolute Gasteiger partial charge is 0.480 e. The number of likely N-dealkylation sites (N-methyl/N-ethyl adjacent to an activating group) is 2. The predicted molar refractivity (Wildman–Crippen MR) is 381 cm³/mol. The molecule has 0 spiro atoms. The normalized spacial score (nSPS) is 13.9. The molecule has 0 saturated carbocycles. The molecule has 2 heterocycles. The number of carbonyl (C=O) groups is 8. The Labute approximate surface area is 589 Å². The maximum Gasteiger partial charge on any atom is 0.329 e. The number of halogens is 1. The molecular formula is C74H97ClN8O15Si. The molecule has 25 heteroatoms. The highest BCUT2D eigenvalue weighted by atomic mass is 35.5. The van der Waals surface area contributed by atoms with Crippen LogP contribution >= 0.6 is 11.6 Å². The highest BCUT2D eigenvalue weighted by molar-refractivity contribution is 6.83. The summed E-state index contributed by atoms with van der Waals surface area (Å²) >= 11 is 5.10. The van der Waals surface area contributed by atoms with E-state index in [0.29, 0.717) is 46.1 Å². The van der Waals surface area contributed by atoms with E-state index in [1.165, 1.54) is 9.80 Å². The average Bonchev–Trinajstić information content (AvgIpc) is 0.860. The maximum absolute atomic E-state index is 12.8. The van der Waals surface area contributed by atoms with Gasteiger partial charge in [0.25, 0.3) is 0 Å². The maximum atomic E-state index is 12.8. The van der Waals surface area contributed by atoms with Gasteiger partial charge in [0.05, 0.1) is 65.5 Å². The Kier molecular flexibility index (Phi) is 43.6. The van der Waals surface area contributed by atoms with Crippen LogP contribution < -0.4 is 11.1 Å². The summed E-state index contributed by atoms with van der Waals surface area (Å²) < 4.78 is 34.0. The Balaban J connectivity index is 0.000000667. The van der Waals surface area contributed by atoms with Crippen molar-refractivity contribution < 1.29 is 71.9 Å². The number of rotatable bonds is 28. The van der Waals surface area contributed by atoms with Crippen LogP contribution in [0.4, 0.5) is 9.59 Å². The molecule has 6 aromatic carbocycles. The summed E-state index contributed by atoms with van der Waals surface area (Å²) in [6, 6.07) is 56.6. The Bertz CT molecular complexity index is 3390. The molecule has 7 amide bonds. The Hall–Kier alpha value is -9.31. The topological polar surface area (TPSA) is 311 Å². The number of benzene rings is 6. The van der Waals surface area contributed by atoms with Crippen molar-refractivity contribution in [2.24, 2.45) is 5.73 Å². The Morgan fingerprint density at radius 3 is 1.16 bits per heavy atom. The zero-order valence-corrected chi connectivity index (χ0v) is 56.4. The van der Waals surface area contributed by atoms with Gasteiger partial charge in [-0.3, -0.25) is 33.8 Å². The number of imide groups is 2. The van der Waals surface area contributed by atoms with Crippen LogP contribution in [0, 0.1) is 22.3 Å². The highest BCUT2D eigenvalue weighted by Gasteiger charge is 2.39. The lowest BCUT2D eigenvalue weighted by atomic mass is 10.1. The summed E-state index contributed by atoms with van der Waals surface area (Å²) in [5.41, 5.74) is 14.0. The first-order valence-corrected chi connectivity index (χ1v) is 34.9. The van der Waals surface area contributed by atoms with Gasteiger partial charge in [-0.25, -0.2) is 14.9 Å². The van der Waals surface area contributed by atoms with Crippen LogP contribution in [0.2, 0.25) is 19.6 Å². The zero-order valence-electron chi connectivity index (χ0n) is 54.7. The number of nitriles is 2. The molecule has 5 atom stereocenters. The fourth-order valence-corrected chi connectivity index (χ4v) is 8.64. The summed E-state index contributed by atoms with van der Waals surface area (Å²) in [7, 11) is -1.33. The molecule has 4 N–H and O–H groups in total. The third-order valence-electron chi connectivity index (χ3n) is 13.9. The molecule has 0 aromatic heterocycles. The smallest absolute Gasteiger partial charge is 0.329 e. The lowest BCUT2D eigenvalue weighted by Gasteiger charge is -2.33. The van der Waals surface area contributed by atoms with Crippen molar-refractivity contribution in [1.29, 1.82) is 10.5 Å². The highest BCUT2D eigenvalue weighted by Crippen LogP contribution is 2.15. The molecule has 99 heavy (non-hydrogen) atoms. The van der Waals surface area contributed by atoms with E-state index in [1.54, 1.807) is 13.8 Å². The van der Waals surface area contributed by atoms with Gasteiger partial charge in [0.15, 0.2) is 20.4 Å². The van der Waals surface area contributed by atoms with Crippen LogP contribution in [0.15, 0.2) is 182 Å². The number of nitrogens with two attached hydrogens (primary N) is 1. The lowest BCUT2D eigenvalue weighted by Crippen LogP contribution is -2.61. The second-order valence-electron chi connectivity index (χ2n) is 22.4. The van der Waals surface area contributed by atoms with Crippen molar-refractivity contribution in [3.05, 3.63) is 215 Å². The van der Waals surface area contributed by atoms with Crippen molar-refractivity contribution in [2.75, 3.05) is 59.1 Å². The van der Waals surface area contributed by atoms with E-state index >= 15 is 0 Å². The lowest BCUT2D eigenvalue weighted by molar-refractivity contribution is -0.154. The molecule has 2 aliphatic heterocycles. The van der Waals surface area contributed by atoms with Gasteiger partial charge in [0, 0.05) is 45.0 Å². The number of carboxylic acids is 1. The minimum Gasteiger partial charge on any atom is -0.480 e. The fourth-order valence-electron chi connectivity index (χ4n) is 8.48. The average molecular weight is 1400 g/mol. The minimum atomic E-state index is -1.52. The van der Waals surface area contributed by atoms with Crippen LogP contribution in [0.1, 0.15) is 69.5 Å². The van der Waals surface area contributed by atoms with Crippen molar-refractivity contribution in [2.45, 2.75) is 126 Å². The van der Waals surface area contributed by atoms with E-state index in [9.17, 15) is 43.5 Å². The van der Waals surface area contributed by atoms with E-state index in [4.69, 9.17) is 56.3 Å². The van der Waals surface area contributed by atoms with Crippen molar-refractivity contribution in [3.8, 4) is 11.8 Å². The number of carboxylic acid groups (broad SMARTS) is 1. The number of nitrogens with zero attached hydrogens (tertiary/aromatic N) is 6. The van der Waals surface area contributed by atoms with E-state index in [0.717, 1.165) is 49.5 Å². The predicted octanol–water partition coefficient (Wildman–Crippen LogP) is 10.6. The van der Waals surface area contributed by atoms with Crippen LogP contribution in [0.5, 0.6) is 0 Å². The second-order valence-corrected chi connectivity index (χ2v) is 27.4. The van der Waals surface area contributed by atoms with Crippen molar-refractivity contribution in [3.63, 3.8) is 0 Å². The number of nitrogens with one attached hydrogen (secondary N) is 1. The van der Waals surface area contributed by atoms with Crippen LogP contribution in [-0.2, 0) is 96.8 Å². The number of carbonyl (C=O) groups excluding carboxylic acids is 7. The number of amides is 7. The molecule has 8 rings (SSSR count). The molecule has 6 aromatic rings. The molecule has 0 radical (unpaired) electrons. The molecule has 2 aliphatic rings. The molecule has 23 nitrogen and oxygen atoms in total. The van der Waals surface area contributed by atoms with E-state index in [2.05, 4.69) is 11.0 Å². The van der Waals surface area contributed by atoms with Crippen LogP contribution in [0.3, 0.4) is 0 Å². The number of aliphatic carboxylic acids is 1. The first kappa shape index (κ1) is 87.7. The van der Waals surface area contributed by atoms with Gasteiger partial charge < -0.3 is 59.2 Å². The van der Waals surface area contributed by atoms with Gasteiger partial charge in [0.1, 0.15) is 24.4 Å². The Morgan fingerprint density at radius 1 is 0.525 bits per heavy atom. The van der Waals surface area contributed by atoms with Gasteiger partial charge in [-0.1, -0.05) is 224 Å². The quantitative estimate of drug-likeness (QED) is 0.0135. The summed E-state index contributed by atoms with van der Waals surface area (Å²) in [6.45, 7) is 13.6. The van der Waals surface area contributed by atoms with Gasteiger partial charge in [0.2, 0.25) is 0 Å². The molecule has 534 valence electrons. The van der Waals surface area contributed by atoms with Gasteiger partial charge in [-0.2, -0.15) is 5.26 Å². The van der Waals surface area contributed by atoms with E-state index in [1.807, 2.05) is 208 Å². The fraction of sp³-hybridized carbons (Fsp3) is 0.378. The van der Waals surface area contributed by atoms with Crippen molar-refractivity contribution in [1.82, 2.24) is 24.9 Å². The monoisotopic (exact) mass is 1400 g/mol. The van der Waals surface area contributed by atoms with Gasteiger partial charge in [-0.05, 0) is 58.8 Å². The number of piperazine rings is 2. The summed E-state index contributed by atoms with van der Waals surface area (Å²) in [5, 5.41) is 28.5. The zero-order chi connectivity index (χ0) is 70.1.